The lowest BCUT2D eigenvalue weighted by molar-refractivity contribution is 0.00207. The second-order valence-electron chi connectivity index (χ2n) is 8.02. The Hall–Kier alpha value is -0.810. The minimum Gasteiger partial charge on any atom is -0.444 e. The molecule has 1 amide bonds. The van der Waals surface area contributed by atoms with Gasteiger partial charge in [-0.05, 0) is 66.6 Å². The molecule has 2 saturated heterocycles. The molecule has 0 radical (unpaired) electrons. The summed E-state index contributed by atoms with van der Waals surface area (Å²) in [5.41, 5.74) is -0.411. The van der Waals surface area contributed by atoms with Crippen LogP contribution in [0.4, 0.5) is 4.79 Å². The first-order valence-electron chi connectivity index (χ1n) is 8.65. The van der Waals surface area contributed by atoms with Crippen LogP contribution in [-0.4, -0.2) is 78.8 Å². The van der Waals surface area contributed by atoms with Gasteiger partial charge in [0.05, 0.1) is 0 Å². The van der Waals surface area contributed by atoms with Crippen molar-refractivity contribution in [3.63, 3.8) is 0 Å². The first-order chi connectivity index (χ1) is 10.2. The van der Waals surface area contributed by atoms with Crippen molar-refractivity contribution in [1.82, 2.24) is 14.7 Å². The van der Waals surface area contributed by atoms with Crippen LogP contribution in [0.3, 0.4) is 0 Å². The maximum absolute atomic E-state index is 12.2. The highest BCUT2D eigenvalue weighted by atomic mass is 16.6. The van der Waals surface area contributed by atoms with Crippen molar-refractivity contribution in [2.45, 2.75) is 52.2 Å². The predicted molar refractivity (Wildman–Crippen MR) is 89.1 cm³/mol. The van der Waals surface area contributed by atoms with E-state index in [-0.39, 0.29) is 6.09 Å². The molecule has 0 aromatic rings. The second kappa shape index (κ2) is 7.18. The molecular formula is C17H33N3O2. The number of amides is 1. The maximum Gasteiger partial charge on any atom is 0.410 e. The lowest BCUT2D eigenvalue weighted by Crippen LogP contribution is -2.55. The van der Waals surface area contributed by atoms with Crippen LogP contribution in [0, 0.1) is 5.92 Å². The molecule has 0 aromatic heterocycles. The van der Waals surface area contributed by atoms with Crippen molar-refractivity contribution in [2.24, 2.45) is 5.92 Å². The van der Waals surface area contributed by atoms with Crippen molar-refractivity contribution < 1.29 is 9.53 Å². The Balaban J connectivity index is 1.79. The monoisotopic (exact) mass is 311 g/mol. The van der Waals surface area contributed by atoms with Gasteiger partial charge in [0.2, 0.25) is 0 Å². The summed E-state index contributed by atoms with van der Waals surface area (Å²) in [4.78, 5) is 19.0. The Labute approximate surface area is 135 Å². The van der Waals surface area contributed by atoms with Gasteiger partial charge >= 0.3 is 6.09 Å². The quantitative estimate of drug-likeness (QED) is 0.784. The number of piperidine rings is 1. The molecule has 22 heavy (non-hydrogen) atoms. The number of carbonyl (C=O) groups is 1. The Morgan fingerprint density at radius 3 is 2.32 bits per heavy atom. The molecule has 2 aliphatic heterocycles. The van der Waals surface area contributed by atoms with Gasteiger partial charge in [-0.25, -0.2) is 4.79 Å². The number of piperazine rings is 1. The maximum atomic E-state index is 12.2. The van der Waals surface area contributed by atoms with Crippen molar-refractivity contribution >= 4 is 6.09 Å². The van der Waals surface area contributed by atoms with Gasteiger partial charge in [0.25, 0.3) is 0 Å². The average Bonchev–Trinajstić information content (AvgIpc) is 2.41. The van der Waals surface area contributed by atoms with Crippen LogP contribution in [0.25, 0.3) is 0 Å². The normalized spacial score (nSPS) is 26.2. The van der Waals surface area contributed by atoms with Crippen molar-refractivity contribution in [1.29, 1.82) is 0 Å². The molecule has 1 unspecified atom stereocenters. The van der Waals surface area contributed by atoms with Crippen molar-refractivity contribution in [3.8, 4) is 0 Å². The summed E-state index contributed by atoms with van der Waals surface area (Å²) < 4.78 is 5.49. The van der Waals surface area contributed by atoms with Gasteiger partial charge in [0.15, 0.2) is 0 Å². The lowest BCUT2D eigenvalue weighted by atomic mass is 9.95. The molecule has 1 atom stereocenters. The molecule has 128 valence electrons. The first kappa shape index (κ1) is 17.5. The van der Waals surface area contributed by atoms with Gasteiger partial charge in [0.1, 0.15) is 5.60 Å². The van der Waals surface area contributed by atoms with Gasteiger partial charge in [-0.2, -0.15) is 0 Å². The van der Waals surface area contributed by atoms with Crippen LogP contribution in [0.15, 0.2) is 0 Å². The van der Waals surface area contributed by atoms with Gasteiger partial charge in [-0.1, -0.05) is 0 Å². The fourth-order valence-corrected chi connectivity index (χ4v) is 3.34. The van der Waals surface area contributed by atoms with Crippen LogP contribution < -0.4 is 0 Å². The molecule has 0 saturated carbocycles. The summed E-state index contributed by atoms with van der Waals surface area (Å²) in [5, 5.41) is 0. The summed E-state index contributed by atoms with van der Waals surface area (Å²) in [7, 11) is 2.21. The van der Waals surface area contributed by atoms with E-state index >= 15 is 0 Å². The summed E-state index contributed by atoms with van der Waals surface area (Å²) in [6.07, 6.45) is 2.43. The number of likely N-dealkylation sites (tertiary alicyclic amines) is 1. The molecule has 2 fully saturated rings. The Morgan fingerprint density at radius 1 is 1.14 bits per heavy atom. The molecule has 0 spiro atoms. The van der Waals surface area contributed by atoms with E-state index in [9.17, 15) is 4.79 Å². The highest BCUT2D eigenvalue weighted by Crippen LogP contribution is 2.21. The van der Waals surface area contributed by atoms with Gasteiger partial charge < -0.3 is 14.5 Å². The molecule has 2 rings (SSSR count). The molecular weight excluding hydrogens is 278 g/mol. The number of nitrogens with zero attached hydrogens (tertiary/aromatic N) is 3. The molecule has 5 heteroatoms. The van der Waals surface area contributed by atoms with E-state index < -0.39 is 5.60 Å². The topological polar surface area (TPSA) is 36.0 Å². The molecule has 0 aliphatic carbocycles. The number of carbonyl (C=O) groups excluding carboxylic acids is 1. The highest BCUT2D eigenvalue weighted by Gasteiger charge is 2.31. The molecule has 2 aliphatic rings. The van der Waals surface area contributed by atoms with Crippen LogP contribution in [0.2, 0.25) is 0 Å². The standard InChI is InChI=1S/C17H33N3O2/c1-14-12-20(16(21)22-17(2,3)4)11-10-19(14)13-15-6-8-18(5)9-7-15/h14-15H,6-13H2,1-5H3. The highest BCUT2D eigenvalue weighted by molar-refractivity contribution is 5.68. The zero-order valence-electron chi connectivity index (χ0n) is 15.0. The number of hydrogen-bond donors (Lipinski definition) is 0. The van der Waals surface area contributed by atoms with Crippen molar-refractivity contribution in [3.05, 3.63) is 0 Å². The zero-order valence-corrected chi connectivity index (χ0v) is 15.0. The third kappa shape index (κ3) is 5.13. The van der Waals surface area contributed by atoms with Crippen LogP contribution >= 0.6 is 0 Å². The lowest BCUT2D eigenvalue weighted by Gasteiger charge is -2.42. The molecule has 0 bridgehead atoms. The SMILES string of the molecule is CC1CN(C(=O)OC(C)(C)C)CCN1CC1CCN(C)CC1. The van der Waals surface area contributed by atoms with Crippen LogP contribution in [0.1, 0.15) is 40.5 Å². The third-order valence-electron chi connectivity index (χ3n) is 4.75. The van der Waals surface area contributed by atoms with Crippen molar-refractivity contribution in [2.75, 3.05) is 46.3 Å². The first-order valence-corrected chi connectivity index (χ1v) is 8.65. The smallest absolute Gasteiger partial charge is 0.410 e. The van der Waals surface area contributed by atoms with E-state index in [2.05, 4.69) is 23.8 Å². The average molecular weight is 311 g/mol. The Morgan fingerprint density at radius 2 is 1.77 bits per heavy atom. The number of hydrogen-bond acceptors (Lipinski definition) is 4. The summed E-state index contributed by atoms with van der Waals surface area (Å²) in [5.74, 6) is 0.812. The molecule has 0 aromatic carbocycles. The Bertz CT molecular complexity index is 373. The van der Waals surface area contributed by atoms with E-state index in [1.807, 2.05) is 25.7 Å². The van der Waals surface area contributed by atoms with E-state index in [1.165, 1.54) is 32.5 Å². The minimum atomic E-state index is -0.411. The second-order valence-corrected chi connectivity index (χ2v) is 8.02. The summed E-state index contributed by atoms with van der Waals surface area (Å²) in [6, 6.07) is 0.418. The Kier molecular flexibility index (Phi) is 5.72. The number of rotatable bonds is 2. The number of ether oxygens (including phenoxy) is 1. The molecule has 2 heterocycles. The van der Waals surface area contributed by atoms with E-state index in [4.69, 9.17) is 4.74 Å². The fourth-order valence-electron chi connectivity index (χ4n) is 3.34. The van der Waals surface area contributed by atoms with Gasteiger partial charge in [-0.3, -0.25) is 4.90 Å². The fraction of sp³-hybridized carbons (Fsp3) is 0.941. The van der Waals surface area contributed by atoms with Gasteiger partial charge in [-0.15, -0.1) is 0 Å². The molecule has 5 nitrogen and oxygen atoms in total. The summed E-state index contributed by atoms with van der Waals surface area (Å²) >= 11 is 0. The predicted octanol–water partition coefficient (Wildman–Crippen LogP) is 2.27. The molecule has 0 N–H and O–H groups in total. The van der Waals surface area contributed by atoms with Crippen LogP contribution in [-0.2, 0) is 4.74 Å². The largest absolute Gasteiger partial charge is 0.444 e. The van der Waals surface area contributed by atoms with E-state index in [0.717, 1.165) is 25.6 Å². The van der Waals surface area contributed by atoms with Crippen LogP contribution in [0.5, 0.6) is 0 Å². The minimum absolute atomic E-state index is 0.168. The third-order valence-corrected chi connectivity index (χ3v) is 4.75. The van der Waals surface area contributed by atoms with E-state index in [0.29, 0.717) is 6.04 Å². The van der Waals surface area contributed by atoms with E-state index in [1.54, 1.807) is 0 Å². The summed E-state index contributed by atoms with van der Waals surface area (Å²) in [6.45, 7) is 14.1. The van der Waals surface area contributed by atoms with Gasteiger partial charge in [0, 0.05) is 32.2 Å². The zero-order chi connectivity index (χ0) is 16.3.